The number of nitrogens with zero attached hydrogens (tertiary/aromatic N) is 1. The average Bonchev–Trinajstić information content (AvgIpc) is 3.30. The van der Waals surface area contributed by atoms with E-state index in [0.29, 0.717) is 5.56 Å². The molecule has 1 aromatic carbocycles. The summed E-state index contributed by atoms with van der Waals surface area (Å²) in [5, 5.41) is 56.6. The third kappa shape index (κ3) is 2.89. The summed E-state index contributed by atoms with van der Waals surface area (Å²) in [6.07, 6.45) is 2.09. The van der Waals surface area contributed by atoms with Crippen molar-refractivity contribution in [2.45, 2.75) is 37.0 Å². The molecule has 0 saturated carbocycles. The second kappa shape index (κ2) is 7.70. The highest BCUT2D eigenvalue weighted by molar-refractivity contribution is 6.14. The molecule has 1 unspecified atom stereocenters. The lowest BCUT2D eigenvalue weighted by molar-refractivity contribution is -0.183. The van der Waals surface area contributed by atoms with Crippen molar-refractivity contribution < 1.29 is 35.1 Å². The first-order chi connectivity index (χ1) is 16.8. The molecular weight excluding hydrogens is 466 g/mol. The topological polar surface area (TPSA) is 180 Å². The largest absolute Gasteiger partial charge is 0.510 e. The van der Waals surface area contributed by atoms with E-state index in [1.165, 1.54) is 6.07 Å². The molecule has 10 heteroatoms. The molecule has 8 N–H and O–H groups in total. The molecule has 5 atom stereocenters. The van der Waals surface area contributed by atoms with Crippen LogP contribution in [0.3, 0.4) is 0 Å². The highest BCUT2D eigenvalue weighted by Gasteiger charge is 2.68. The fraction of sp³-hybridized carbons (Fsp3) is 0.385. The van der Waals surface area contributed by atoms with Gasteiger partial charge in [-0.15, -0.1) is 0 Å². The van der Waals surface area contributed by atoms with Crippen LogP contribution in [0, 0.1) is 11.8 Å². The summed E-state index contributed by atoms with van der Waals surface area (Å²) in [5.74, 6) is -4.97. The summed E-state index contributed by atoms with van der Waals surface area (Å²) in [6, 6.07) is 5.78. The number of aromatic amines is 1. The number of aliphatic hydroxyl groups is 4. The van der Waals surface area contributed by atoms with Gasteiger partial charge < -0.3 is 36.3 Å². The number of fused-ring (bicyclic) bond motifs is 3. The van der Waals surface area contributed by atoms with E-state index in [0.717, 1.165) is 18.2 Å². The Hall–Kier alpha value is -3.60. The Bertz CT molecular complexity index is 1360. The van der Waals surface area contributed by atoms with Crippen LogP contribution in [0.25, 0.3) is 11.3 Å². The van der Waals surface area contributed by atoms with E-state index in [2.05, 4.69) is 4.98 Å². The molecule has 1 amide bonds. The minimum Gasteiger partial charge on any atom is -0.510 e. The van der Waals surface area contributed by atoms with Gasteiger partial charge in [0.2, 0.25) is 0 Å². The van der Waals surface area contributed by atoms with Gasteiger partial charge in [-0.3, -0.25) is 14.5 Å². The Morgan fingerprint density at radius 1 is 1.17 bits per heavy atom. The van der Waals surface area contributed by atoms with Crippen LogP contribution in [0.5, 0.6) is 5.75 Å². The van der Waals surface area contributed by atoms with E-state index in [9.17, 15) is 35.1 Å². The molecule has 2 aromatic rings. The summed E-state index contributed by atoms with van der Waals surface area (Å²) < 4.78 is 0. The summed E-state index contributed by atoms with van der Waals surface area (Å²) in [4.78, 5) is 30.7. The van der Waals surface area contributed by atoms with Crippen molar-refractivity contribution >= 4 is 11.7 Å². The number of amides is 1. The molecule has 36 heavy (non-hydrogen) atoms. The van der Waals surface area contributed by atoms with Crippen LogP contribution in [0.15, 0.2) is 53.1 Å². The zero-order valence-electron chi connectivity index (χ0n) is 20.1. The molecule has 0 spiro atoms. The Balaban J connectivity index is 1.76. The van der Waals surface area contributed by atoms with E-state index < -0.39 is 57.9 Å². The molecule has 10 nitrogen and oxygen atoms in total. The Kier molecular flexibility index (Phi) is 5.16. The van der Waals surface area contributed by atoms with Crippen molar-refractivity contribution in [1.29, 1.82) is 0 Å². The van der Waals surface area contributed by atoms with Crippen LogP contribution in [-0.4, -0.2) is 78.4 Å². The molecule has 0 aliphatic heterocycles. The second-order valence-corrected chi connectivity index (χ2v) is 10.3. The number of nitrogens with two attached hydrogens (primary N) is 1. The normalized spacial score (nSPS) is 31.8. The van der Waals surface area contributed by atoms with Crippen LogP contribution in [0.4, 0.5) is 0 Å². The van der Waals surface area contributed by atoms with E-state index in [1.807, 2.05) is 12.1 Å². The fourth-order valence-electron chi connectivity index (χ4n) is 6.58. The molecule has 0 saturated heterocycles. The standard InChI is InChI=1S/C26H29N3O7/c1-25(35)19(24(27)34)22(32)20(29(2)3)14-10-11-9-13-12(15-5-4-8-28-15)6-7-16(30)18(13)21(31)17(11)23(33)26(14,25)36/h4-8,11,14,20,28,30,32-33,35-36H,9-10H2,1-3H3,(H2,27,34)/t11-,14-,20-,25?,26-/m0/s1. The van der Waals surface area contributed by atoms with E-state index in [4.69, 9.17) is 5.73 Å². The SMILES string of the molecule is CN(C)[C@@H]1C(O)=C(C(N)=O)C(C)(O)[C@@]2(O)C(O)=C3C(=O)c4c(O)ccc(-c5ccc[nH]5)c4C[C@H]3C[C@@H]12. The van der Waals surface area contributed by atoms with Gasteiger partial charge >= 0.3 is 0 Å². The van der Waals surface area contributed by atoms with E-state index in [-0.39, 0.29) is 29.7 Å². The molecule has 190 valence electrons. The molecular formula is C26H29N3O7. The Morgan fingerprint density at radius 3 is 2.44 bits per heavy atom. The van der Waals surface area contributed by atoms with Gasteiger partial charge in [-0.05, 0) is 69.6 Å². The first kappa shape index (κ1) is 24.1. The third-order valence-corrected chi connectivity index (χ3v) is 8.15. The lowest BCUT2D eigenvalue weighted by Gasteiger charge is -2.56. The smallest absolute Gasteiger partial charge is 0.251 e. The quantitative estimate of drug-likeness (QED) is 0.333. The highest BCUT2D eigenvalue weighted by atomic mass is 16.4. The number of Topliss-reactive ketones (excluding diaryl/α,β-unsaturated/α-hetero) is 1. The number of aliphatic hydroxyl groups excluding tert-OH is 2. The third-order valence-electron chi connectivity index (χ3n) is 8.15. The van der Waals surface area contributed by atoms with Crippen LogP contribution < -0.4 is 5.73 Å². The summed E-state index contributed by atoms with van der Waals surface area (Å²) in [6.45, 7) is 1.08. The van der Waals surface area contributed by atoms with E-state index >= 15 is 0 Å². The van der Waals surface area contributed by atoms with Crippen molar-refractivity contribution in [2.75, 3.05) is 14.1 Å². The number of phenolic OH excluding ortho intramolecular Hbond substituents is 1. The Labute approximate surface area is 207 Å². The van der Waals surface area contributed by atoms with E-state index in [1.54, 1.807) is 31.3 Å². The molecule has 3 aliphatic carbocycles. The maximum Gasteiger partial charge on any atom is 0.251 e. The van der Waals surface area contributed by atoms with Crippen molar-refractivity contribution in [2.24, 2.45) is 17.6 Å². The number of aromatic hydroxyl groups is 1. The van der Waals surface area contributed by atoms with Crippen LogP contribution in [0.2, 0.25) is 0 Å². The van der Waals surface area contributed by atoms with Crippen LogP contribution in [0.1, 0.15) is 29.3 Å². The van der Waals surface area contributed by atoms with Gasteiger partial charge in [-0.2, -0.15) is 0 Å². The molecule has 1 heterocycles. The van der Waals surface area contributed by atoms with Crippen LogP contribution in [-0.2, 0) is 11.2 Å². The number of aromatic nitrogens is 1. The molecule has 0 fully saturated rings. The number of allylic oxidation sites excluding steroid dienone is 1. The number of H-pyrrole nitrogens is 1. The monoisotopic (exact) mass is 495 g/mol. The number of rotatable bonds is 3. The van der Waals surface area contributed by atoms with Crippen molar-refractivity contribution in [3.8, 4) is 17.0 Å². The highest BCUT2D eigenvalue weighted by Crippen LogP contribution is 2.57. The van der Waals surface area contributed by atoms with Gasteiger partial charge in [-0.1, -0.05) is 0 Å². The van der Waals surface area contributed by atoms with Gasteiger partial charge in [0.25, 0.3) is 5.91 Å². The van der Waals surface area contributed by atoms with Crippen LogP contribution >= 0.6 is 0 Å². The number of carbonyl (C=O) groups is 2. The summed E-state index contributed by atoms with van der Waals surface area (Å²) in [5.41, 5.74) is 1.77. The number of phenols is 1. The Morgan fingerprint density at radius 2 is 1.86 bits per heavy atom. The fourth-order valence-corrected chi connectivity index (χ4v) is 6.58. The first-order valence-corrected chi connectivity index (χ1v) is 11.6. The number of carbonyl (C=O) groups excluding carboxylic acids is 2. The zero-order valence-corrected chi connectivity index (χ0v) is 20.1. The molecule has 1 aromatic heterocycles. The lowest BCUT2D eigenvalue weighted by atomic mass is 9.54. The first-order valence-electron chi connectivity index (χ1n) is 11.6. The van der Waals surface area contributed by atoms with Gasteiger partial charge in [0.05, 0.1) is 17.2 Å². The predicted octanol–water partition coefficient (Wildman–Crippen LogP) is 1.30. The number of likely N-dealkylation sites (N-methyl/N-ethyl adjacent to an activating group) is 1. The van der Waals surface area contributed by atoms with Gasteiger partial charge in [0.1, 0.15) is 22.9 Å². The second-order valence-electron chi connectivity index (χ2n) is 10.3. The molecule has 0 radical (unpaired) electrons. The number of nitrogens with one attached hydrogen (secondary N) is 1. The molecule has 3 aliphatic rings. The van der Waals surface area contributed by atoms with Gasteiger partial charge in [0, 0.05) is 28.9 Å². The van der Waals surface area contributed by atoms with Crippen molar-refractivity contribution in [1.82, 2.24) is 9.88 Å². The number of benzene rings is 1. The number of primary amides is 1. The summed E-state index contributed by atoms with van der Waals surface area (Å²) >= 11 is 0. The van der Waals surface area contributed by atoms with Crippen molar-refractivity contribution in [3.63, 3.8) is 0 Å². The lowest BCUT2D eigenvalue weighted by Crippen LogP contribution is -2.70. The average molecular weight is 496 g/mol. The number of hydrogen-bond acceptors (Lipinski definition) is 8. The van der Waals surface area contributed by atoms with Gasteiger partial charge in [-0.25, -0.2) is 0 Å². The van der Waals surface area contributed by atoms with Crippen molar-refractivity contribution in [3.05, 3.63) is 64.3 Å². The maximum absolute atomic E-state index is 13.8. The predicted molar refractivity (Wildman–Crippen MR) is 129 cm³/mol. The summed E-state index contributed by atoms with van der Waals surface area (Å²) in [7, 11) is 3.25. The number of hydrogen-bond donors (Lipinski definition) is 7. The minimum atomic E-state index is -2.51. The molecule has 0 bridgehead atoms. The maximum atomic E-state index is 13.8. The van der Waals surface area contributed by atoms with Gasteiger partial charge in [0.15, 0.2) is 11.4 Å². The number of ketones is 1. The zero-order chi connectivity index (χ0) is 26.3. The molecule has 5 rings (SSSR count). The minimum absolute atomic E-state index is 0.00933.